The molecule has 0 radical (unpaired) electrons. The van der Waals surface area contributed by atoms with Crippen molar-refractivity contribution in [2.75, 3.05) is 19.0 Å². The van der Waals surface area contributed by atoms with E-state index in [1.54, 1.807) is 25.3 Å². The molecule has 1 fully saturated rings. The molecule has 2 amide bonds. The smallest absolute Gasteiger partial charge is 0.244 e. The van der Waals surface area contributed by atoms with Gasteiger partial charge >= 0.3 is 0 Å². The molecule has 31 heavy (non-hydrogen) atoms. The summed E-state index contributed by atoms with van der Waals surface area (Å²) in [6, 6.07) is 11.0. The Hall–Kier alpha value is -2.99. The zero-order valence-electron chi connectivity index (χ0n) is 17.7. The maximum Gasteiger partial charge on any atom is 0.244 e. The van der Waals surface area contributed by atoms with Gasteiger partial charge in [0.2, 0.25) is 11.8 Å². The zero-order chi connectivity index (χ0) is 22.2. The van der Waals surface area contributed by atoms with Gasteiger partial charge in [0.25, 0.3) is 0 Å². The molecule has 1 aliphatic carbocycles. The summed E-state index contributed by atoms with van der Waals surface area (Å²) in [5, 5.41) is 6.18. The van der Waals surface area contributed by atoms with E-state index in [1.165, 1.54) is 6.08 Å². The van der Waals surface area contributed by atoms with Crippen molar-refractivity contribution in [3.8, 4) is 11.5 Å². The van der Waals surface area contributed by atoms with Crippen LogP contribution in [-0.4, -0.2) is 25.5 Å². The Balaban J connectivity index is 1.57. The number of rotatable bonds is 10. The number of carbonyl (C=O) groups excluding carboxylic acids is 2. The Morgan fingerprint density at radius 2 is 2.03 bits per heavy atom. The van der Waals surface area contributed by atoms with Crippen molar-refractivity contribution >= 4 is 35.2 Å². The molecule has 0 spiro atoms. The van der Waals surface area contributed by atoms with Gasteiger partial charge in [0, 0.05) is 24.2 Å². The van der Waals surface area contributed by atoms with E-state index in [0.717, 1.165) is 36.1 Å². The number of anilines is 1. The second kappa shape index (κ2) is 10.9. The Kier molecular flexibility index (Phi) is 7.95. The van der Waals surface area contributed by atoms with E-state index in [-0.39, 0.29) is 17.7 Å². The molecule has 2 N–H and O–H groups in total. The molecule has 2 aromatic carbocycles. The Morgan fingerprint density at radius 1 is 1.23 bits per heavy atom. The van der Waals surface area contributed by atoms with E-state index < -0.39 is 0 Å². The molecule has 3 rings (SSSR count). The molecule has 0 unspecified atom stereocenters. The number of hydrogen-bond donors (Lipinski definition) is 2. The summed E-state index contributed by atoms with van der Waals surface area (Å²) >= 11 is 6.31. The van der Waals surface area contributed by atoms with Gasteiger partial charge in [-0.1, -0.05) is 30.7 Å². The highest BCUT2D eigenvalue weighted by Crippen LogP contribution is 2.37. The molecule has 7 heteroatoms. The van der Waals surface area contributed by atoms with Crippen LogP contribution in [0.3, 0.4) is 0 Å². The quantitative estimate of drug-likeness (QED) is 0.517. The van der Waals surface area contributed by atoms with E-state index >= 15 is 0 Å². The third-order valence-electron chi connectivity index (χ3n) is 4.74. The first-order valence-electron chi connectivity index (χ1n) is 10.4. The molecule has 0 aliphatic heterocycles. The van der Waals surface area contributed by atoms with Gasteiger partial charge in [0.1, 0.15) is 0 Å². The van der Waals surface area contributed by atoms with Gasteiger partial charge in [-0.15, -0.1) is 0 Å². The number of nitrogens with one attached hydrogen (secondary N) is 2. The van der Waals surface area contributed by atoms with Crippen LogP contribution >= 0.6 is 11.6 Å². The number of benzene rings is 2. The van der Waals surface area contributed by atoms with Gasteiger partial charge in [-0.2, -0.15) is 0 Å². The fourth-order valence-electron chi connectivity index (χ4n) is 2.95. The number of ether oxygens (including phenoxy) is 2. The van der Waals surface area contributed by atoms with Gasteiger partial charge in [0.15, 0.2) is 11.5 Å². The second-order valence-electron chi connectivity index (χ2n) is 7.40. The third kappa shape index (κ3) is 6.76. The molecular formula is C24H27ClN2O4. The Bertz CT molecular complexity index is 970. The van der Waals surface area contributed by atoms with Crippen LogP contribution in [0.5, 0.6) is 11.5 Å². The number of methoxy groups -OCH3 is 1. The fraction of sp³-hybridized carbons (Fsp3) is 0.333. The van der Waals surface area contributed by atoms with Crippen LogP contribution in [0.4, 0.5) is 5.69 Å². The first-order valence-corrected chi connectivity index (χ1v) is 10.7. The van der Waals surface area contributed by atoms with Crippen molar-refractivity contribution in [2.45, 2.75) is 32.7 Å². The van der Waals surface area contributed by atoms with Crippen molar-refractivity contribution in [1.82, 2.24) is 5.32 Å². The van der Waals surface area contributed by atoms with Gasteiger partial charge in [0.05, 0.1) is 18.7 Å². The van der Waals surface area contributed by atoms with Gasteiger partial charge in [-0.25, -0.2) is 0 Å². The summed E-state index contributed by atoms with van der Waals surface area (Å²) in [6.45, 7) is 2.90. The normalized spacial score (nSPS) is 13.1. The minimum atomic E-state index is -0.242. The van der Waals surface area contributed by atoms with Gasteiger partial charge < -0.3 is 20.1 Å². The first-order chi connectivity index (χ1) is 15.0. The van der Waals surface area contributed by atoms with Crippen LogP contribution in [-0.2, 0) is 16.1 Å². The predicted molar refractivity (Wildman–Crippen MR) is 122 cm³/mol. The highest BCUT2D eigenvalue weighted by atomic mass is 35.5. The minimum absolute atomic E-state index is 0.0596. The van der Waals surface area contributed by atoms with Crippen LogP contribution in [0.2, 0.25) is 5.02 Å². The van der Waals surface area contributed by atoms with E-state index in [9.17, 15) is 9.59 Å². The topological polar surface area (TPSA) is 76.7 Å². The average molecular weight is 443 g/mol. The molecule has 2 aromatic rings. The van der Waals surface area contributed by atoms with Crippen molar-refractivity contribution < 1.29 is 19.1 Å². The first kappa shape index (κ1) is 22.7. The van der Waals surface area contributed by atoms with Crippen LogP contribution in [0, 0.1) is 5.92 Å². The SMILES string of the molecule is CCCOc1c(Cl)cc(/C=C/C(=O)NCc2cccc(NC(=O)C3CC3)c2)cc1OC. The molecule has 0 atom stereocenters. The number of hydrogen-bond acceptors (Lipinski definition) is 4. The lowest BCUT2D eigenvalue weighted by Gasteiger charge is -2.12. The van der Waals surface area contributed by atoms with E-state index in [2.05, 4.69) is 10.6 Å². The van der Waals surface area contributed by atoms with E-state index in [1.807, 2.05) is 31.2 Å². The minimum Gasteiger partial charge on any atom is -0.493 e. The largest absolute Gasteiger partial charge is 0.493 e. The molecule has 1 saturated carbocycles. The molecule has 0 aromatic heterocycles. The van der Waals surface area contributed by atoms with E-state index in [0.29, 0.717) is 29.7 Å². The lowest BCUT2D eigenvalue weighted by molar-refractivity contribution is -0.117. The summed E-state index contributed by atoms with van der Waals surface area (Å²) in [4.78, 5) is 24.1. The number of halogens is 1. The average Bonchev–Trinajstić information content (AvgIpc) is 3.61. The standard InChI is InChI=1S/C24H27ClN2O4/c1-3-11-31-23-20(25)13-16(14-21(23)30-2)7-10-22(28)26-15-17-5-4-6-19(12-17)27-24(29)18-8-9-18/h4-7,10,12-14,18H,3,8-9,11,15H2,1-2H3,(H,26,28)(H,27,29)/b10-7+. The molecule has 1 aliphatic rings. The number of amides is 2. The molecular weight excluding hydrogens is 416 g/mol. The third-order valence-corrected chi connectivity index (χ3v) is 5.02. The molecule has 0 bridgehead atoms. The predicted octanol–water partition coefficient (Wildman–Crippen LogP) is 4.82. The van der Waals surface area contributed by atoms with Crippen LogP contribution < -0.4 is 20.1 Å². The summed E-state index contributed by atoms with van der Waals surface area (Å²) in [5.41, 5.74) is 2.37. The number of carbonyl (C=O) groups is 2. The summed E-state index contributed by atoms with van der Waals surface area (Å²) in [6.07, 6.45) is 5.88. The summed E-state index contributed by atoms with van der Waals surface area (Å²) < 4.78 is 11.0. The lowest BCUT2D eigenvalue weighted by Crippen LogP contribution is -2.20. The second-order valence-corrected chi connectivity index (χ2v) is 7.80. The Labute approximate surface area is 187 Å². The summed E-state index contributed by atoms with van der Waals surface area (Å²) in [5.74, 6) is 0.985. The highest BCUT2D eigenvalue weighted by molar-refractivity contribution is 6.32. The summed E-state index contributed by atoms with van der Waals surface area (Å²) in [7, 11) is 1.55. The lowest BCUT2D eigenvalue weighted by atomic mass is 10.1. The van der Waals surface area contributed by atoms with Crippen molar-refractivity contribution in [3.05, 3.63) is 58.6 Å². The van der Waals surface area contributed by atoms with Gasteiger partial charge in [-0.3, -0.25) is 9.59 Å². The monoisotopic (exact) mass is 442 g/mol. The van der Waals surface area contributed by atoms with Crippen molar-refractivity contribution in [2.24, 2.45) is 5.92 Å². The van der Waals surface area contributed by atoms with Crippen molar-refractivity contribution in [3.63, 3.8) is 0 Å². The molecule has 0 heterocycles. The highest BCUT2D eigenvalue weighted by Gasteiger charge is 2.29. The van der Waals surface area contributed by atoms with E-state index in [4.69, 9.17) is 21.1 Å². The van der Waals surface area contributed by atoms with Crippen LogP contribution in [0.1, 0.15) is 37.3 Å². The molecule has 0 saturated heterocycles. The zero-order valence-corrected chi connectivity index (χ0v) is 18.5. The van der Waals surface area contributed by atoms with Crippen LogP contribution in [0.15, 0.2) is 42.5 Å². The molecule has 6 nitrogen and oxygen atoms in total. The van der Waals surface area contributed by atoms with Crippen LogP contribution in [0.25, 0.3) is 6.08 Å². The Morgan fingerprint density at radius 3 is 2.74 bits per heavy atom. The fourth-order valence-corrected chi connectivity index (χ4v) is 3.22. The van der Waals surface area contributed by atoms with Gasteiger partial charge in [-0.05, 0) is 60.7 Å². The maximum atomic E-state index is 12.2. The molecule has 164 valence electrons. The van der Waals surface area contributed by atoms with Crippen molar-refractivity contribution in [1.29, 1.82) is 0 Å². The maximum absolute atomic E-state index is 12.2.